The number of nitrogens with zero attached hydrogens (tertiary/aromatic N) is 4. The molecule has 4 aromatic carbocycles. The Morgan fingerprint density at radius 3 is 1.81 bits per heavy atom. The van der Waals surface area contributed by atoms with Crippen LogP contribution in [0.1, 0.15) is 70.9 Å². The molecule has 0 unspecified atom stereocenters. The highest BCUT2D eigenvalue weighted by Gasteiger charge is 2.51. The van der Waals surface area contributed by atoms with E-state index in [1.54, 1.807) is 20.5 Å². The summed E-state index contributed by atoms with van der Waals surface area (Å²) >= 11 is 0. The number of fused-ring (bicyclic) bond motifs is 1. The Balaban J connectivity index is 1.29. The molecule has 0 radical (unpaired) electrons. The van der Waals surface area contributed by atoms with Crippen LogP contribution in [0.3, 0.4) is 0 Å². The zero-order chi connectivity index (χ0) is 40.2. The molecule has 0 aliphatic carbocycles. The number of aromatic nitrogens is 4. The molecule has 0 spiro atoms. The van der Waals surface area contributed by atoms with Crippen molar-refractivity contribution >= 4 is 31.0 Å². The molecule has 7 rings (SSSR count). The second-order valence-electron chi connectivity index (χ2n) is 15.7. The Labute approximate surface area is 337 Å². The molecular weight excluding hydrogens is 731 g/mol. The molecule has 0 amide bonds. The first-order valence-electron chi connectivity index (χ1n) is 19.9. The lowest BCUT2D eigenvalue weighted by molar-refractivity contribution is -0.0843. The van der Waals surface area contributed by atoms with E-state index in [2.05, 4.69) is 88.2 Å². The fraction of sp³-hybridized carbons (Fsp3) is 0.370. The molecule has 0 bridgehead atoms. The molecule has 2 aromatic heterocycles. The number of ether oxygens (including phenoxy) is 4. The third kappa shape index (κ3) is 7.81. The third-order valence-corrected chi connectivity index (χ3v) is 17.7. The minimum absolute atomic E-state index is 0.275. The molecule has 1 fully saturated rings. The van der Waals surface area contributed by atoms with Crippen LogP contribution < -0.4 is 14.8 Å². The summed E-state index contributed by atoms with van der Waals surface area (Å²) in [5.74, 6) is 2.16. The standard InChI is InChI=1S/C46H55N5O5Si/c1-31(2)57(32(3)4,33(5)6)56-41-27-40(55-45(41)51-30-49-42-43(47-29-48-44(42)51)50-37-17-13-10-14-18-37)28-54-46(34-15-11-9-12-16-34,35-19-23-38(52-7)24-20-35)36-21-25-39(53-8)26-22-36/h9-26,29-33,40-41,45H,27-28H2,1-8H3,(H,47,48,50)/t40-,41-,45-/m1/s1. The second kappa shape index (κ2) is 17.2. The maximum Gasteiger partial charge on any atom is 0.201 e. The summed E-state index contributed by atoms with van der Waals surface area (Å²) in [7, 11) is 0.991. The van der Waals surface area contributed by atoms with Gasteiger partial charge in [0.1, 0.15) is 23.4 Å². The van der Waals surface area contributed by atoms with Gasteiger partial charge < -0.3 is 28.7 Å². The van der Waals surface area contributed by atoms with Crippen molar-refractivity contribution in [1.82, 2.24) is 19.5 Å². The van der Waals surface area contributed by atoms with Crippen LogP contribution in [0.5, 0.6) is 11.5 Å². The number of nitrogens with one attached hydrogen (secondary N) is 1. The third-order valence-electron chi connectivity index (χ3n) is 11.5. The van der Waals surface area contributed by atoms with Crippen molar-refractivity contribution < 1.29 is 23.4 Å². The van der Waals surface area contributed by atoms with Crippen LogP contribution in [0.15, 0.2) is 122 Å². The number of rotatable bonds is 16. The van der Waals surface area contributed by atoms with Crippen LogP contribution in [-0.4, -0.2) is 60.9 Å². The molecule has 1 aliphatic heterocycles. The minimum atomic E-state index is -2.36. The van der Waals surface area contributed by atoms with Crippen LogP contribution in [0, 0.1) is 0 Å². The van der Waals surface area contributed by atoms with Crippen molar-refractivity contribution in [2.45, 2.75) is 88.6 Å². The zero-order valence-electron chi connectivity index (χ0n) is 34.3. The Hall–Kier alpha value is -5.07. The van der Waals surface area contributed by atoms with E-state index in [9.17, 15) is 0 Å². The van der Waals surface area contributed by atoms with Gasteiger partial charge in [0.15, 0.2) is 23.2 Å². The Bertz CT molecular complexity index is 2130. The molecule has 3 heterocycles. The monoisotopic (exact) mass is 785 g/mol. The first kappa shape index (κ1) is 40.1. The van der Waals surface area contributed by atoms with Crippen molar-refractivity contribution in [3.63, 3.8) is 0 Å². The van der Waals surface area contributed by atoms with Gasteiger partial charge in [-0.3, -0.25) is 4.57 Å². The zero-order valence-corrected chi connectivity index (χ0v) is 35.3. The first-order chi connectivity index (χ1) is 27.6. The topological polar surface area (TPSA) is 102 Å². The van der Waals surface area contributed by atoms with Crippen molar-refractivity contribution in [1.29, 1.82) is 0 Å². The maximum atomic E-state index is 7.58. The molecule has 6 aromatic rings. The van der Waals surface area contributed by atoms with Crippen LogP contribution in [-0.2, 0) is 19.5 Å². The quantitative estimate of drug-likeness (QED) is 0.0759. The molecule has 10 nitrogen and oxygen atoms in total. The van der Waals surface area contributed by atoms with E-state index < -0.39 is 20.1 Å². The minimum Gasteiger partial charge on any atom is -0.497 e. The van der Waals surface area contributed by atoms with E-state index in [0.717, 1.165) is 33.9 Å². The van der Waals surface area contributed by atoms with Gasteiger partial charge in [0.25, 0.3) is 0 Å². The van der Waals surface area contributed by atoms with E-state index in [1.807, 2.05) is 83.7 Å². The van der Waals surface area contributed by atoms with Crippen LogP contribution >= 0.6 is 0 Å². The number of hydrogen-bond acceptors (Lipinski definition) is 9. The highest BCUT2D eigenvalue weighted by atomic mass is 28.4. The van der Waals surface area contributed by atoms with Gasteiger partial charge in [-0.25, -0.2) is 15.0 Å². The fourth-order valence-electron chi connectivity index (χ4n) is 8.92. The van der Waals surface area contributed by atoms with Gasteiger partial charge in [-0.1, -0.05) is 114 Å². The summed E-state index contributed by atoms with van der Waals surface area (Å²) in [6.07, 6.45) is 2.92. The Kier molecular flexibility index (Phi) is 12.1. The van der Waals surface area contributed by atoms with Crippen LogP contribution in [0.2, 0.25) is 16.6 Å². The molecule has 3 atom stereocenters. The van der Waals surface area contributed by atoms with Crippen LogP contribution in [0.25, 0.3) is 11.2 Å². The highest BCUT2D eigenvalue weighted by Crippen LogP contribution is 2.48. The average Bonchev–Trinajstić information content (AvgIpc) is 3.85. The number of hydrogen-bond donors (Lipinski definition) is 1. The van der Waals surface area contributed by atoms with Gasteiger partial charge in [-0.2, -0.15) is 0 Å². The average molecular weight is 786 g/mol. The summed E-state index contributed by atoms with van der Waals surface area (Å²) in [6, 6.07) is 36.5. The number of anilines is 2. The van der Waals surface area contributed by atoms with E-state index in [4.69, 9.17) is 33.3 Å². The summed E-state index contributed by atoms with van der Waals surface area (Å²) in [4.78, 5) is 14.2. The van der Waals surface area contributed by atoms with E-state index in [0.29, 0.717) is 40.0 Å². The predicted octanol–water partition coefficient (Wildman–Crippen LogP) is 10.4. The number of imidazole rings is 1. The summed E-state index contributed by atoms with van der Waals surface area (Å²) in [5.41, 5.74) is 5.32. The fourth-order valence-corrected chi connectivity index (χ4v) is 14.5. The molecule has 57 heavy (non-hydrogen) atoms. The molecule has 1 aliphatic rings. The molecule has 298 valence electrons. The van der Waals surface area contributed by atoms with Crippen LogP contribution in [0.4, 0.5) is 11.5 Å². The molecule has 0 saturated carbocycles. The smallest absolute Gasteiger partial charge is 0.201 e. The van der Waals surface area contributed by atoms with E-state index >= 15 is 0 Å². The lowest BCUT2D eigenvalue weighted by Crippen LogP contribution is -2.51. The summed E-state index contributed by atoms with van der Waals surface area (Å²) < 4.78 is 35.2. The van der Waals surface area contributed by atoms with Gasteiger partial charge in [-0.05, 0) is 69.7 Å². The lowest BCUT2D eigenvalue weighted by atomic mass is 9.80. The van der Waals surface area contributed by atoms with E-state index in [-0.39, 0.29) is 18.8 Å². The molecular formula is C46H55N5O5Si. The van der Waals surface area contributed by atoms with Gasteiger partial charge in [0, 0.05) is 12.1 Å². The van der Waals surface area contributed by atoms with Crippen molar-refractivity contribution in [2.75, 3.05) is 26.1 Å². The van der Waals surface area contributed by atoms with Gasteiger partial charge >= 0.3 is 0 Å². The lowest BCUT2D eigenvalue weighted by Gasteiger charge is -2.44. The number of benzene rings is 4. The maximum absolute atomic E-state index is 7.58. The largest absolute Gasteiger partial charge is 0.497 e. The van der Waals surface area contributed by atoms with Gasteiger partial charge in [-0.15, -0.1) is 0 Å². The van der Waals surface area contributed by atoms with Crippen molar-refractivity contribution in [2.24, 2.45) is 0 Å². The number of methoxy groups -OCH3 is 2. The summed E-state index contributed by atoms with van der Waals surface area (Å²) in [6.45, 7) is 14.2. The molecule has 11 heteroatoms. The SMILES string of the molecule is COc1ccc(C(OC[C@H]2C[C@@H](O[Si](C(C)C)(C(C)C)C(C)C)[C@H](n3cnc4c(Nc5ccccc5)ncnc43)O2)(c2ccccc2)c2ccc(OC)cc2)cc1. The normalized spacial score (nSPS) is 17.5. The molecule has 1 saturated heterocycles. The molecule has 1 N–H and O–H groups in total. The van der Waals surface area contributed by atoms with Crippen molar-refractivity contribution in [3.8, 4) is 11.5 Å². The first-order valence-corrected chi connectivity index (χ1v) is 22.1. The second-order valence-corrected chi connectivity index (χ2v) is 21.1. The van der Waals surface area contributed by atoms with Crippen molar-refractivity contribution in [3.05, 3.63) is 139 Å². The highest BCUT2D eigenvalue weighted by molar-refractivity contribution is 6.77. The Morgan fingerprint density at radius 2 is 1.26 bits per heavy atom. The van der Waals surface area contributed by atoms with E-state index in [1.165, 1.54) is 0 Å². The Morgan fingerprint density at radius 1 is 0.719 bits per heavy atom. The summed E-state index contributed by atoms with van der Waals surface area (Å²) in [5, 5.41) is 3.42. The number of para-hydroxylation sites is 1. The van der Waals surface area contributed by atoms with Gasteiger partial charge in [0.05, 0.1) is 39.4 Å². The van der Waals surface area contributed by atoms with Gasteiger partial charge in [0.2, 0.25) is 8.32 Å². The predicted molar refractivity (Wildman–Crippen MR) is 228 cm³/mol.